The maximum Gasteiger partial charge on any atom is 0.187 e. The van der Waals surface area contributed by atoms with E-state index < -0.39 is 0 Å². The number of methoxy groups -OCH3 is 1. The first-order valence-electron chi connectivity index (χ1n) is 6.06. The highest BCUT2D eigenvalue weighted by molar-refractivity contribution is 6.04. The molecule has 0 saturated heterocycles. The van der Waals surface area contributed by atoms with E-state index in [4.69, 9.17) is 4.74 Å². The minimum Gasteiger partial charge on any atom is -0.497 e. The molecule has 0 aliphatic heterocycles. The van der Waals surface area contributed by atoms with Crippen molar-refractivity contribution >= 4 is 11.5 Å². The summed E-state index contributed by atoms with van der Waals surface area (Å²) in [5, 5.41) is 2.84. The summed E-state index contributed by atoms with van der Waals surface area (Å²) in [5.74, 6) is 0.227. The highest BCUT2D eigenvalue weighted by atomic mass is 19.1. The van der Waals surface area contributed by atoms with Crippen molar-refractivity contribution in [3.63, 3.8) is 0 Å². The van der Waals surface area contributed by atoms with E-state index in [2.05, 4.69) is 5.32 Å². The second-order valence-electron chi connectivity index (χ2n) is 4.08. The Bertz CT molecular complexity index is 621. The average molecular weight is 271 g/mol. The van der Waals surface area contributed by atoms with Gasteiger partial charge >= 0.3 is 0 Å². The van der Waals surface area contributed by atoms with E-state index in [1.54, 1.807) is 43.5 Å². The van der Waals surface area contributed by atoms with Crippen molar-refractivity contribution in [2.75, 3.05) is 12.4 Å². The third-order valence-corrected chi connectivity index (χ3v) is 2.68. The normalized spacial score (nSPS) is 10.5. The maximum absolute atomic E-state index is 12.9. The van der Waals surface area contributed by atoms with Crippen LogP contribution in [0.15, 0.2) is 60.8 Å². The fourth-order valence-electron chi connectivity index (χ4n) is 1.64. The summed E-state index contributed by atoms with van der Waals surface area (Å²) >= 11 is 0. The van der Waals surface area contributed by atoms with E-state index in [9.17, 15) is 9.18 Å². The van der Waals surface area contributed by atoms with Gasteiger partial charge in [0.15, 0.2) is 5.78 Å². The Kier molecular flexibility index (Phi) is 4.50. The van der Waals surface area contributed by atoms with E-state index >= 15 is 0 Å². The van der Waals surface area contributed by atoms with Gasteiger partial charge in [-0.2, -0.15) is 0 Å². The van der Waals surface area contributed by atoms with Gasteiger partial charge in [-0.15, -0.1) is 0 Å². The van der Waals surface area contributed by atoms with Crippen LogP contribution < -0.4 is 10.1 Å². The number of carbonyl (C=O) groups is 1. The molecule has 0 aliphatic carbocycles. The number of halogens is 1. The number of ketones is 1. The summed E-state index contributed by atoms with van der Waals surface area (Å²) in [6.07, 6.45) is 2.88. The van der Waals surface area contributed by atoms with Crippen LogP contribution >= 0.6 is 0 Å². The van der Waals surface area contributed by atoms with Crippen LogP contribution in [0, 0.1) is 5.82 Å². The van der Waals surface area contributed by atoms with Crippen LogP contribution in [0.2, 0.25) is 0 Å². The summed E-state index contributed by atoms with van der Waals surface area (Å²) in [4.78, 5) is 11.9. The van der Waals surface area contributed by atoms with Gasteiger partial charge in [-0.25, -0.2) is 4.39 Å². The van der Waals surface area contributed by atoms with Gasteiger partial charge in [-0.05, 0) is 42.5 Å². The molecule has 102 valence electrons. The van der Waals surface area contributed by atoms with Crippen LogP contribution in [0.1, 0.15) is 10.4 Å². The van der Waals surface area contributed by atoms with Gasteiger partial charge in [0.05, 0.1) is 7.11 Å². The van der Waals surface area contributed by atoms with Crippen LogP contribution in [0.4, 0.5) is 10.1 Å². The molecule has 0 aromatic heterocycles. The Morgan fingerprint density at radius 2 is 1.95 bits per heavy atom. The second-order valence-corrected chi connectivity index (χ2v) is 4.08. The number of ether oxygens (including phenoxy) is 1. The molecule has 0 radical (unpaired) electrons. The molecule has 0 bridgehead atoms. The molecule has 0 saturated carbocycles. The van der Waals surface area contributed by atoms with Crippen molar-refractivity contribution in [1.82, 2.24) is 0 Å². The number of nitrogens with one attached hydrogen (secondary N) is 1. The van der Waals surface area contributed by atoms with Crippen LogP contribution in [0.5, 0.6) is 5.75 Å². The van der Waals surface area contributed by atoms with Crippen LogP contribution in [0.25, 0.3) is 0 Å². The van der Waals surface area contributed by atoms with Crippen LogP contribution in [0.3, 0.4) is 0 Å². The quantitative estimate of drug-likeness (QED) is 0.666. The molecule has 20 heavy (non-hydrogen) atoms. The summed E-state index contributed by atoms with van der Waals surface area (Å²) in [5.41, 5.74) is 1.15. The molecule has 2 aromatic rings. The summed E-state index contributed by atoms with van der Waals surface area (Å²) in [7, 11) is 1.57. The van der Waals surface area contributed by atoms with E-state index in [1.165, 1.54) is 24.4 Å². The van der Waals surface area contributed by atoms with Gasteiger partial charge in [-0.3, -0.25) is 4.79 Å². The van der Waals surface area contributed by atoms with E-state index in [-0.39, 0.29) is 11.6 Å². The second kappa shape index (κ2) is 6.52. The van der Waals surface area contributed by atoms with Crippen molar-refractivity contribution in [3.8, 4) is 5.75 Å². The number of allylic oxidation sites excluding steroid dienone is 1. The van der Waals surface area contributed by atoms with Crippen molar-refractivity contribution in [1.29, 1.82) is 0 Å². The molecule has 0 aliphatic rings. The topological polar surface area (TPSA) is 38.3 Å². The maximum atomic E-state index is 12.9. The third-order valence-electron chi connectivity index (χ3n) is 2.68. The van der Waals surface area contributed by atoms with Gasteiger partial charge in [0.25, 0.3) is 0 Å². The number of benzene rings is 2. The zero-order chi connectivity index (χ0) is 14.4. The van der Waals surface area contributed by atoms with Gasteiger partial charge in [-0.1, -0.05) is 6.07 Å². The molecule has 1 N–H and O–H groups in total. The van der Waals surface area contributed by atoms with Crippen LogP contribution in [-0.4, -0.2) is 12.9 Å². The molecule has 2 rings (SSSR count). The highest BCUT2D eigenvalue weighted by Gasteiger charge is 2.01. The molecule has 0 atom stereocenters. The van der Waals surface area contributed by atoms with Crippen LogP contribution in [-0.2, 0) is 0 Å². The Morgan fingerprint density at radius 3 is 2.60 bits per heavy atom. The van der Waals surface area contributed by atoms with Gasteiger partial charge in [0.1, 0.15) is 11.6 Å². The van der Waals surface area contributed by atoms with Crippen molar-refractivity contribution in [2.45, 2.75) is 0 Å². The summed E-state index contributed by atoms with van der Waals surface area (Å²) in [6, 6.07) is 12.8. The summed E-state index contributed by atoms with van der Waals surface area (Å²) in [6.45, 7) is 0. The first kappa shape index (κ1) is 13.8. The van der Waals surface area contributed by atoms with Gasteiger partial charge in [0, 0.05) is 23.5 Å². The predicted octanol–water partition coefficient (Wildman–Crippen LogP) is 3.64. The monoisotopic (exact) mass is 271 g/mol. The number of carbonyl (C=O) groups excluding carboxylic acids is 1. The lowest BCUT2D eigenvalue weighted by molar-refractivity contribution is 0.104. The summed E-state index contributed by atoms with van der Waals surface area (Å²) < 4.78 is 18.0. The number of hydrogen-bond acceptors (Lipinski definition) is 3. The molecule has 3 nitrogen and oxygen atoms in total. The largest absolute Gasteiger partial charge is 0.497 e. The van der Waals surface area contributed by atoms with Crippen molar-refractivity contribution < 1.29 is 13.9 Å². The molecule has 0 heterocycles. The number of rotatable bonds is 5. The van der Waals surface area contributed by atoms with E-state index in [1.807, 2.05) is 0 Å². The van der Waals surface area contributed by atoms with E-state index in [0.717, 1.165) is 0 Å². The lowest BCUT2D eigenvalue weighted by Crippen LogP contribution is -1.96. The zero-order valence-corrected chi connectivity index (χ0v) is 11.0. The minimum absolute atomic E-state index is 0.142. The molecule has 0 unspecified atom stereocenters. The Balaban J connectivity index is 1.98. The molecule has 0 amide bonds. The highest BCUT2D eigenvalue weighted by Crippen LogP contribution is 2.12. The standard InChI is InChI=1S/C16H14FNO2/c1-20-15-7-5-12(6-8-15)16(19)9-10-18-14-4-2-3-13(17)11-14/h2-11,18H,1H3/b10-9+. The smallest absolute Gasteiger partial charge is 0.187 e. The molecular weight excluding hydrogens is 257 g/mol. The minimum atomic E-state index is -0.329. The van der Waals surface area contributed by atoms with Crippen molar-refractivity contribution in [3.05, 3.63) is 72.2 Å². The lowest BCUT2D eigenvalue weighted by Gasteiger charge is -2.01. The predicted molar refractivity (Wildman–Crippen MR) is 76.5 cm³/mol. The Morgan fingerprint density at radius 1 is 1.20 bits per heavy atom. The van der Waals surface area contributed by atoms with E-state index in [0.29, 0.717) is 17.0 Å². The molecule has 0 fully saturated rings. The third kappa shape index (κ3) is 3.68. The first-order valence-corrected chi connectivity index (χ1v) is 6.06. The first-order chi connectivity index (χ1) is 9.69. The van der Waals surface area contributed by atoms with Gasteiger partial charge in [0.2, 0.25) is 0 Å². The number of hydrogen-bond donors (Lipinski definition) is 1. The molecule has 0 spiro atoms. The van der Waals surface area contributed by atoms with Gasteiger partial charge < -0.3 is 10.1 Å². The van der Waals surface area contributed by atoms with Crippen molar-refractivity contribution in [2.24, 2.45) is 0 Å². The number of anilines is 1. The fourth-order valence-corrected chi connectivity index (χ4v) is 1.64. The molecule has 2 aromatic carbocycles. The Labute approximate surface area is 116 Å². The lowest BCUT2D eigenvalue weighted by atomic mass is 10.1. The zero-order valence-electron chi connectivity index (χ0n) is 11.0. The molecular formula is C16H14FNO2. The average Bonchev–Trinajstić information content (AvgIpc) is 2.47. The Hall–Kier alpha value is -2.62. The SMILES string of the molecule is COc1ccc(C(=O)/C=C/Nc2cccc(F)c2)cc1. The molecule has 4 heteroatoms. The fraction of sp³-hybridized carbons (Fsp3) is 0.0625.